The first-order chi connectivity index (χ1) is 34.2. The van der Waals surface area contributed by atoms with Gasteiger partial charge in [0.05, 0.1) is 33.8 Å². The summed E-state index contributed by atoms with van der Waals surface area (Å²) in [4.78, 5) is 5.05. The zero-order valence-electron chi connectivity index (χ0n) is 44.2. The number of nitrogens with zero attached hydrogens (tertiary/aromatic N) is 4. The first kappa shape index (κ1) is 48.1. The monoisotopic (exact) mass is 945 g/mol. The molecule has 362 valence electrons. The quantitative estimate of drug-likeness (QED) is 0.0957. The normalized spacial score (nSPS) is 12.7. The smallest absolute Gasteiger partial charge is 0.269 e. The van der Waals surface area contributed by atoms with Gasteiger partial charge in [-0.25, -0.2) is 4.98 Å². The molecule has 0 radical (unpaired) electrons. The molecule has 10 rings (SSSR count). The average Bonchev–Trinajstić information content (AvgIpc) is 3.95. The van der Waals surface area contributed by atoms with Crippen molar-refractivity contribution in [2.45, 2.75) is 110 Å². The Morgan fingerprint density at radius 2 is 1.01 bits per heavy atom. The van der Waals surface area contributed by atoms with Gasteiger partial charge in [-0.1, -0.05) is 210 Å². The lowest BCUT2D eigenvalue weighted by Crippen LogP contribution is -2.43. The van der Waals surface area contributed by atoms with E-state index >= 15 is 0 Å². The van der Waals surface area contributed by atoms with Crippen LogP contribution in [0.25, 0.3) is 39.0 Å². The highest BCUT2D eigenvalue weighted by Gasteiger charge is 2.40. The minimum absolute atomic E-state index is 0.0490. The molecule has 0 aliphatic heterocycles. The standard InChI is InChI=1S/C67H68N4O/c1-63(2,3)49-32-24-33-51(40-49)69-45-70(62(67(11,12)48-30-20-15-21-31-48)61(69)66(9,10)47-28-18-14-19-29-47)52-34-25-35-53(42-52)72-54-43-56(65(7,8)46-26-16-13-17-27-46)60-55-36-22-23-37-57(55)71(58(60)44-54)59-41-50(38-39-68-59)64(4,5)6/h13-44H,1-12H3. The summed E-state index contributed by atoms with van der Waals surface area (Å²) >= 11 is 0. The Hall–Kier alpha value is -7.50. The predicted molar refractivity (Wildman–Crippen MR) is 298 cm³/mol. The topological polar surface area (TPSA) is 35.9 Å². The molecular formula is C67H68N4O. The van der Waals surface area contributed by atoms with E-state index in [-0.39, 0.29) is 10.8 Å². The molecule has 0 unspecified atom stereocenters. The van der Waals surface area contributed by atoms with Crippen molar-refractivity contribution in [3.05, 3.63) is 245 Å². The van der Waals surface area contributed by atoms with Crippen molar-refractivity contribution in [3.8, 4) is 28.7 Å². The maximum absolute atomic E-state index is 7.24. The van der Waals surface area contributed by atoms with Crippen molar-refractivity contribution in [2.24, 2.45) is 0 Å². The summed E-state index contributed by atoms with van der Waals surface area (Å²) in [5.74, 6) is 2.35. The Bertz CT molecular complexity index is 3580. The number of fused-ring (bicyclic) bond motifs is 3. The molecule has 0 spiro atoms. The largest absolute Gasteiger partial charge is 0.458 e. The van der Waals surface area contributed by atoms with Crippen molar-refractivity contribution in [1.29, 1.82) is 0 Å². The van der Waals surface area contributed by atoms with Crippen LogP contribution in [0.15, 0.2) is 194 Å². The fourth-order valence-electron chi connectivity index (χ4n) is 10.7. The third-order valence-corrected chi connectivity index (χ3v) is 15.1. The highest BCUT2D eigenvalue weighted by atomic mass is 16.5. The number of ether oxygens (including phenoxy) is 1. The highest BCUT2D eigenvalue weighted by molar-refractivity contribution is 6.11. The molecule has 3 aromatic heterocycles. The van der Waals surface area contributed by atoms with E-state index in [4.69, 9.17) is 9.72 Å². The van der Waals surface area contributed by atoms with Crippen LogP contribution in [0, 0.1) is 6.33 Å². The van der Waals surface area contributed by atoms with Crippen LogP contribution in [0.3, 0.4) is 0 Å². The van der Waals surface area contributed by atoms with Crippen molar-refractivity contribution >= 4 is 21.8 Å². The van der Waals surface area contributed by atoms with Gasteiger partial charge in [0.1, 0.15) is 17.3 Å². The minimum Gasteiger partial charge on any atom is -0.458 e. The van der Waals surface area contributed by atoms with Gasteiger partial charge in [0.15, 0.2) is 0 Å². The number of pyridine rings is 1. The molecule has 7 aromatic carbocycles. The van der Waals surface area contributed by atoms with Gasteiger partial charge in [0, 0.05) is 39.3 Å². The van der Waals surface area contributed by atoms with Gasteiger partial charge in [-0.2, -0.15) is 0 Å². The van der Waals surface area contributed by atoms with E-state index in [0.717, 1.165) is 51.1 Å². The number of para-hydroxylation sites is 1. The number of rotatable bonds is 11. The second kappa shape index (κ2) is 18.0. The highest BCUT2D eigenvalue weighted by Crippen LogP contribution is 2.46. The van der Waals surface area contributed by atoms with Crippen LogP contribution in [0.4, 0.5) is 0 Å². The number of hydrogen-bond acceptors (Lipinski definition) is 2. The van der Waals surface area contributed by atoms with E-state index in [0.29, 0.717) is 0 Å². The van der Waals surface area contributed by atoms with Crippen molar-refractivity contribution in [1.82, 2.24) is 14.1 Å². The van der Waals surface area contributed by atoms with E-state index in [1.807, 2.05) is 6.20 Å². The van der Waals surface area contributed by atoms with Crippen molar-refractivity contribution < 1.29 is 9.30 Å². The third-order valence-electron chi connectivity index (χ3n) is 15.1. The molecular weight excluding hydrogens is 877 g/mol. The number of benzene rings is 7. The molecule has 3 heterocycles. The van der Waals surface area contributed by atoms with Crippen LogP contribution < -0.4 is 9.30 Å². The maximum Gasteiger partial charge on any atom is 0.269 e. The zero-order valence-corrected chi connectivity index (χ0v) is 44.2. The summed E-state index contributed by atoms with van der Waals surface area (Å²) in [7, 11) is 0. The summed E-state index contributed by atoms with van der Waals surface area (Å²) < 4.78 is 14.2. The molecule has 10 aromatic rings. The van der Waals surface area contributed by atoms with Gasteiger partial charge in [0.25, 0.3) is 6.33 Å². The van der Waals surface area contributed by atoms with Crippen molar-refractivity contribution in [2.75, 3.05) is 0 Å². The molecule has 72 heavy (non-hydrogen) atoms. The number of imidazole rings is 1. The van der Waals surface area contributed by atoms with Gasteiger partial charge in [-0.15, -0.1) is 0 Å². The van der Waals surface area contributed by atoms with E-state index < -0.39 is 16.2 Å². The fourth-order valence-corrected chi connectivity index (χ4v) is 10.7. The maximum atomic E-state index is 7.24. The Balaban J connectivity index is 1.21. The van der Waals surface area contributed by atoms with Crippen LogP contribution in [0.5, 0.6) is 11.5 Å². The van der Waals surface area contributed by atoms with Crippen LogP contribution in [-0.4, -0.2) is 14.1 Å². The summed E-state index contributed by atoms with van der Waals surface area (Å²) in [6.07, 6.45) is 5.94. The average molecular weight is 945 g/mol. The third kappa shape index (κ3) is 8.63. The SMILES string of the molecule is CC(C)(C)c1cccc(-[n+]2[c-]n(-c3cccc(Oc4cc(C(C)(C)c5ccccc5)c5c6ccccc6n(-c6cc(C(C)(C)C)ccn6)c5c4)c3)c(C(C)(C)c3ccccc3)c2C(C)(C)c2ccccc2)c1. The van der Waals surface area contributed by atoms with Crippen LogP contribution >= 0.6 is 0 Å². The van der Waals surface area contributed by atoms with Gasteiger partial charge in [0.2, 0.25) is 0 Å². The molecule has 0 amide bonds. The first-order valence-corrected chi connectivity index (χ1v) is 25.5. The van der Waals surface area contributed by atoms with Crippen molar-refractivity contribution in [3.63, 3.8) is 0 Å². The summed E-state index contributed by atoms with van der Waals surface area (Å²) in [6, 6.07) is 67.7. The van der Waals surface area contributed by atoms with Gasteiger partial charge in [-0.05, 0) is 98.8 Å². The van der Waals surface area contributed by atoms with Gasteiger partial charge < -0.3 is 4.74 Å². The molecule has 5 heteroatoms. The first-order valence-electron chi connectivity index (χ1n) is 25.5. The van der Waals surface area contributed by atoms with E-state index in [1.54, 1.807) is 0 Å². The lowest BCUT2D eigenvalue weighted by atomic mass is 9.73. The van der Waals surface area contributed by atoms with E-state index in [9.17, 15) is 0 Å². The number of aromatic nitrogens is 4. The summed E-state index contributed by atoms with van der Waals surface area (Å²) in [5.41, 5.74) is 12.4. The second-order valence-electron chi connectivity index (χ2n) is 23.2. The molecule has 0 saturated heterocycles. The summed E-state index contributed by atoms with van der Waals surface area (Å²) in [5, 5.41) is 2.36. The lowest BCUT2D eigenvalue weighted by molar-refractivity contribution is -0.611. The Morgan fingerprint density at radius 3 is 1.65 bits per heavy atom. The Morgan fingerprint density at radius 1 is 0.458 bits per heavy atom. The molecule has 0 aliphatic carbocycles. The number of hydrogen-bond donors (Lipinski definition) is 0. The fraction of sp³-hybridized carbons (Fsp3) is 0.254. The molecule has 0 fully saturated rings. The van der Waals surface area contributed by atoms with Crippen LogP contribution in [0.2, 0.25) is 0 Å². The van der Waals surface area contributed by atoms with E-state index in [2.05, 4.69) is 291 Å². The zero-order chi connectivity index (χ0) is 50.8. The Kier molecular flexibility index (Phi) is 12.0. The van der Waals surface area contributed by atoms with Crippen LogP contribution in [-0.2, 0) is 27.1 Å². The molecule has 0 bridgehead atoms. The molecule has 0 atom stereocenters. The predicted octanol–water partition coefficient (Wildman–Crippen LogP) is 16.4. The molecule has 0 aliphatic rings. The second-order valence-corrected chi connectivity index (χ2v) is 23.2. The molecule has 5 nitrogen and oxygen atoms in total. The van der Waals surface area contributed by atoms with Crippen LogP contribution in [0.1, 0.15) is 128 Å². The summed E-state index contributed by atoms with van der Waals surface area (Å²) in [6.45, 7) is 27.6. The minimum atomic E-state index is -0.475. The molecule has 0 saturated carbocycles. The van der Waals surface area contributed by atoms with E-state index in [1.165, 1.54) is 44.2 Å². The molecule has 0 N–H and O–H groups in total. The van der Waals surface area contributed by atoms with Gasteiger partial charge in [-0.3, -0.25) is 13.7 Å². The Labute approximate surface area is 427 Å². The van der Waals surface area contributed by atoms with Gasteiger partial charge >= 0.3 is 0 Å². The lowest BCUT2D eigenvalue weighted by Gasteiger charge is -2.35.